The Morgan fingerprint density at radius 1 is 1.43 bits per heavy atom. The average Bonchev–Trinajstić information content (AvgIpc) is 2.43. The van der Waals surface area contributed by atoms with Crippen molar-refractivity contribution < 1.29 is 9.72 Å². The number of nitro groups is 1. The predicted molar refractivity (Wildman–Crippen MR) is 82.7 cm³/mol. The third-order valence-corrected chi connectivity index (χ3v) is 3.45. The second-order valence-corrected chi connectivity index (χ2v) is 5.48. The molecule has 0 aliphatic rings. The van der Waals surface area contributed by atoms with Crippen LogP contribution in [-0.4, -0.2) is 15.8 Å². The number of non-ortho nitro benzene ring substituents is 1. The summed E-state index contributed by atoms with van der Waals surface area (Å²) in [5, 5.41) is 13.4. The highest BCUT2D eigenvalue weighted by atomic mass is 79.9. The van der Waals surface area contributed by atoms with E-state index in [0.717, 1.165) is 0 Å². The Morgan fingerprint density at radius 3 is 2.76 bits per heavy atom. The lowest BCUT2D eigenvalue weighted by atomic mass is 10.1. The Kier molecular flexibility index (Phi) is 4.54. The molecule has 0 saturated heterocycles. The Balaban J connectivity index is 2.27. The monoisotopic (exact) mass is 369 g/mol. The average molecular weight is 371 g/mol. The van der Waals surface area contributed by atoms with Crippen LogP contribution in [0.3, 0.4) is 0 Å². The maximum Gasteiger partial charge on any atom is 0.269 e. The number of hydrogen-bond donors (Lipinski definition) is 1. The normalized spacial score (nSPS) is 10.2. The van der Waals surface area contributed by atoms with Crippen molar-refractivity contribution in [1.82, 2.24) is 4.98 Å². The SMILES string of the molecule is Cc1cc([N+](=O)[O-])ccc1NC(=O)c1cc(Br)cnc1Cl. The van der Waals surface area contributed by atoms with Gasteiger partial charge in [-0.05, 0) is 40.5 Å². The van der Waals surface area contributed by atoms with Gasteiger partial charge in [-0.1, -0.05) is 11.6 Å². The van der Waals surface area contributed by atoms with Crippen LogP contribution in [0.15, 0.2) is 34.9 Å². The fraction of sp³-hybridized carbons (Fsp3) is 0.0769. The standard InChI is InChI=1S/C13H9BrClN3O3/c1-7-4-9(18(20)21)2-3-11(7)17-13(19)10-5-8(14)6-16-12(10)15/h2-6H,1H3,(H,17,19). The number of halogens is 2. The van der Waals surface area contributed by atoms with Gasteiger partial charge in [-0.25, -0.2) is 4.98 Å². The molecule has 1 aromatic carbocycles. The third kappa shape index (κ3) is 3.56. The van der Waals surface area contributed by atoms with Gasteiger partial charge in [0.25, 0.3) is 11.6 Å². The molecule has 8 heteroatoms. The van der Waals surface area contributed by atoms with Gasteiger partial charge in [0.1, 0.15) is 5.15 Å². The van der Waals surface area contributed by atoms with Crippen LogP contribution in [0, 0.1) is 17.0 Å². The molecule has 2 rings (SSSR count). The van der Waals surface area contributed by atoms with Crippen LogP contribution in [0.2, 0.25) is 5.15 Å². The van der Waals surface area contributed by atoms with E-state index in [-0.39, 0.29) is 16.4 Å². The van der Waals surface area contributed by atoms with E-state index in [2.05, 4.69) is 26.2 Å². The molecule has 0 radical (unpaired) electrons. The molecule has 0 fully saturated rings. The lowest BCUT2D eigenvalue weighted by Gasteiger charge is -2.09. The van der Waals surface area contributed by atoms with E-state index in [1.807, 2.05) is 0 Å². The van der Waals surface area contributed by atoms with Gasteiger partial charge in [0, 0.05) is 28.5 Å². The number of nitrogens with one attached hydrogen (secondary N) is 1. The molecule has 1 aromatic heterocycles. The molecule has 2 aromatic rings. The van der Waals surface area contributed by atoms with Gasteiger partial charge in [0.2, 0.25) is 0 Å². The number of anilines is 1. The Bertz CT molecular complexity index is 737. The van der Waals surface area contributed by atoms with Gasteiger partial charge < -0.3 is 5.32 Å². The number of amides is 1. The van der Waals surface area contributed by atoms with Crippen LogP contribution in [0.4, 0.5) is 11.4 Å². The molecular formula is C13H9BrClN3O3. The Labute approximate surface area is 133 Å². The Hall–Kier alpha value is -1.99. The number of nitrogens with zero attached hydrogens (tertiary/aromatic N) is 2. The third-order valence-electron chi connectivity index (χ3n) is 2.72. The van der Waals surface area contributed by atoms with Crippen LogP contribution in [-0.2, 0) is 0 Å². The Morgan fingerprint density at radius 2 is 2.14 bits per heavy atom. The number of rotatable bonds is 3. The van der Waals surface area contributed by atoms with Crippen molar-refractivity contribution in [2.45, 2.75) is 6.92 Å². The van der Waals surface area contributed by atoms with Crippen LogP contribution in [0.5, 0.6) is 0 Å². The number of nitro benzene ring substituents is 1. The van der Waals surface area contributed by atoms with E-state index in [0.29, 0.717) is 15.7 Å². The maximum absolute atomic E-state index is 12.2. The van der Waals surface area contributed by atoms with E-state index < -0.39 is 10.8 Å². The summed E-state index contributed by atoms with van der Waals surface area (Å²) in [6.07, 6.45) is 1.48. The molecule has 108 valence electrons. The molecule has 0 aliphatic carbocycles. The minimum Gasteiger partial charge on any atom is -0.322 e. The second-order valence-electron chi connectivity index (χ2n) is 4.20. The summed E-state index contributed by atoms with van der Waals surface area (Å²) in [6, 6.07) is 5.73. The van der Waals surface area contributed by atoms with Gasteiger partial charge in [-0.15, -0.1) is 0 Å². The molecule has 0 atom stereocenters. The smallest absolute Gasteiger partial charge is 0.269 e. The molecule has 1 amide bonds. The summed E-state index contributed by atoms with van der Waals surface area (Å²) in [5.74, 6) is -0.439. The zero-order chi connectivity index (χ0) is 15.6. The first-order valence-corrected chi connectivity index (χ1v) is 6.93. The molecule has 6 nitrogen and oxygen atoms in total. The van der Waals surface area contributed by atoms with Crippen molar-refractivity contribution >= 4 is 44.8 Å². The van der Waals surface area contributed by atoms with Crippen molar-refractivity contribution in [3.05, 3.63) is 61.3 Å². The summed E-state index contributed by atoms with van der Waals surface area (Å²) < 4.78 is 0.623. The summed E-state index contributed by atoms with van der Waals surface area (Å²) in [4.78, 5) is 26.2. The van der Waals surface area contributed by atoms with Gasteiger partial charge in [-0.2, -0.15) is 0 Å². The number of aryl methyl sites for hydroxylation is 1. The van der Waals surface area contributed by atoms with Gasteiger partial charge in [0.15, 0.2) is 0 Å². The van der Waals surface area contributed by atoms with Crippen LogP contribution < -0.4 is 5.32 Å². The first-order chi connectivity index (χ1) is 9.88. The van der Waals surface area contributed by atoms with E-state index in [9.17, 15) is 14.9 Å². The summed E-state index contributed by atoms with van der Waals surface area (Å²) >= 11 is 9.10. The molecule has 0 bridgehead atoms. The molecule has 0 spiro atoms. The number of hydrogen-bond acceptors (Lipinski definition) is 4. The summed E-state index contributed by atoms with van der Waals surface area (Å²) in [7, 11) is 0. The molecule has 1 N–H and O–H groups in total. The molecule has 0 saturated carbocycles. The molecule has 21 heavy (non-hydrogen) atoms. The molecular weight excluding hydrogens is 362 g/mol. The highest BCUT2D eigenvalue weighted by Gasteiger charge is 2.15. The number of carbonyl (C=O) groups excluding carboxylic acids is 1. The van der Waals surface area contributed by atoms with Crippen molar-refractivity contribution in [3.63, 3.8) is 0 Å². The molecule has 0 aliphatic heterocycles. The van der Waals surface area contributed by atoms with Gasteiger partial charge in [-0.3, -0.25) is 14.9 Å². The largest absolute Gasteiger partial charge is 0.322 e. The molecule has 1 heterocycles. The number of pyridine rings is 1. The first-order valence-electron chi connectivity index (χ1n) is 5.76. The van der Waals surface area contributed by atoms with Crippen molar-refractivity contribution in [1.29, 1.82) is 0 Å². The van der Waals surface area contributed by atoms with Crippen LogP contribution in [0.1, 0.15) is 15.9 Å². The molecule has 0 unspecified atom stereocenters. The zero-order valence-electron chi connectivity index (χ0n) is 10.8. The predicted octanol–water partition coefficient (Wildman–Crippen LogP) is 3.97. The van der Waals surface area contributed by atoms with Gasteiger partial charge >= 0.3 is 0 Å². The fourth-order valence-corrected chi connectivity index (χ4v) is 2.19. The number of benzene rings is 1. The lowest BCUT2D eigenvalue weighted by molar-refractivity contribution is -0.384. The van der Waals surface area contributed by atoms with Crippen LogP contribution >= 0.6 is 27.5 Å². The van der Waals surface area contributed by atoms with E-state index in [1.165, 1.54) is 24.4 Å². The fourth-order valence-electron chi connectivity index (χ4n) is 1.67. The first kappa shape index (κ1) is 15.4. The minimum atomic E-state index is -0.492. The van der Waals surface area contributed by atoms with Gasteiger partial charge in [0.05, 0.1) is 10.5 Å². The highest BCUT2D eigenvalue weighted by molar-refractivity contribution is 9.10. The lowest BCUT2D eigenvalue weighted by Crippen LogP contribution is -2.14. The quantitative estimate of drug-likeness (QED) is 0.503. The summed E-state index contributed by atoms with van der Waals surface area (Å²) in [5.41, 5.74) is 1.23. The van der Waals surface area contributed by atoms with E-state index in [4.69, 9.17) is 11.6 Å². The number of aromatic nitrogens is 1. The van der Waals surface area contributed by atoms with Crippen molar-refractivity contribution in [2.24, 2.45) is 0 Å². The highest BCUT2D eigenvalue weighted by Crippen LogP contribution is 2.23. The maximum atomic E-state index is 12.2. The topological polar surface area (TPSA) is 85.1 Å². The summed E-state index contributed by atoms with van der Waals surface area (Å²) in [6.45, 7) is 1.67. The van der Waals surface area contributed by atoms with E-state index >= 15 is 0 Å². The second kappa shape index (κ2) is 6.19. The number of carbonyl (C=O) groups is 1. The van der Waals surface area contributed by atoms with E-state index in [1.54, 1.807) is 13.0 Å². The van der Waals surface area contributed by atoms with Crippen molar-refractivity contribution in [2.75, 3.05) is 5.32 Å². The minimum absolute atomic E-state index is 0.0346. The van der Waals surface area contributed by atoms with Crippen molar-refractivity contribution in [3.8, 4) is 0 Å². The zero-order valence-corrected chi connectivity index (χ0v) is 13.1. The van der Waals surface area contributed by atoms with Crippen LogP contribution in [0.25, 0.3) is 0 Å².